The summed E-state index contributed by atoms with van der Waals surface area (Å²) in [5, 5.41) is 6.92. The third-order valence-electron chi connectivity index (χ3n) is 3.24. The molecule has 0 radical (unpaired) electrons. The Balaban J connectivity index is 2.12. The summed E-state index contributed by atoms with van der Waals surface area (Å²) in [7, 11) is 1.61. The molecule has 1 heterocycles. The van der Waals surface area contributed by atoms with Crippen LogP contribution in [-0.2, 0) is 4.79 Å². The summed E-state index contributed by atoms with van der Waals surface area (Å²) in [4.78, 5) is 11.1. The van der Waals surface area contributed by atoms with Crippen molar-refractivity contribution in [2.45, 2.75) is 31.6 Å². The van der Waals surface area contributed by atoms with E-state index in [0.717, 1.165) is 5.69 Å². The van der Waals surface area contributed by atoms with Crippen molar-refractivity contribution < 1.29 is 9.53 Å². The fourth-order valence-corrected chi connectivity index (χ4v) is 3.41. The Hall–Kier alpha value is -1.36. The van der Waals surface area contributed by atoms with E-state index >= 15 is 0 Å². The summed E-state index contributed by atoms with van der Waals surface area (Å²) in [6.07, 6.45) is 1.18. The van der Waals surface area contributed by atoms with Crippen molar-refractivity contribution in [2.24, 2.45) is 0 Å². The number of amides is 1. The molecule has 0 aromatic heterocycles. The number of benzene rings is 1. The Labute approximate surface area is 118 Å². The van der Waals surface area contributed by atoms with E-state index in [2.05, 4.69) is 17.6 Å². The quantitative estimate of drug-likeness (QED) is 0.890. The van der Waals surface area contributed by atoms with Gasteiger partial charge >= 0.3 is 0 Å². The Bertz CT molecular complexity index is 465. The number of nitrogens with one attached hydrogen (secondary N) is 2. The molecule has 1 fully saturated rings. The molecule has 104 valence electrons. The number of anilines is 2. The van der Waals surface area contributed by atoms with E-state index in [1.807, 2.05) is 30.0 Å². The lowest BCUT2D eigenvalue weighted by molar-refractivity contribution is -0.114. The number of rotatable bonds is 4. The van der Waals surface area contributed by atoms with E-state index < -0.39 is 0 Å². The van der Waals surface area contributed by atoms with Crippen LogP contribution in [0.4, 0.5) is 11.4 Å². The van der Waals surface area contributed by atoms with Gasteiger partial charge in [0.05, 0.1) is 12.8 Å². The topological polar surface area (TPSA) is 50.4 Å². The Morgan fingerprint density at radius 3 is 2.84 bits per heavy atom. The van der Waals surface area contributed by atoms with E-state index in [1.54, 1.807) is 7.11 Å². The van der Waals surface area contributed by atoms with Crippen LogP contribution in [0.15, 0.2) is 18.2 Å². The van der Waals surface area contributed by atoms with Gasteiger partial charge in [0.2, 0.25) is 5.91 Å². The van der Waals surface area contributed by atoms with Gasteiger partial charge < -0.3 is 15.4 Å². The number of carbonyl (C=O) groups excluding carboxylic acids is 1. The molecule has 0 aliphatic carbocycles. The van der Waals surface area contributed by atoms with Crippen LogP contribution in [-0.4, -0.2) is 30.1 Å². The summed E-state index contributed by atoms with van der Waals surface area (Å²) in [5.74, 6) is 1.79. The summed E-state index contributed by atoms with van der Waals surface area (Å²) >= 11 is 2.00. The molecule has 2 rings (SSSR count). The number of thioether (sulfide) groups is 1. The van der Waals surface area contributed by atoms with Gasteiger partial charge in [-0.25, -0.2) is 0 Å². The first-order chi connectivity index (χ1) is 9.10. The first kappa shape index (κ1) is 14.1. The van der Waals surface area contributed by atoms with Crippen molar-refractivity contribution in [3.63, 3.8) is 0 Å². The van der Waals surface area contributed by atoms with Crippen molar-refractivity contribution in [1.82, 2.24) is 0 Å². The van der Waals surface area contributed by atoms with Crippen LogP contribution in [0.1, 0.15) is 20.3 Å². The van der Waals surface area contributed by atoms with Gasteiger partial charge in [-0.3, -0.25) is 4.79 Å². The fourth-order valence-electron chi connectivity index (χ4n) is 2.21. The van der Waals surface area contributed by atoms with Gasteiger partial charge in [-0.2, -0.15) is 11.8 Å². The number of hydrogen-bond acceptors (Lipinski definition) is 4. The van der Waals surface area contributed by atoms with Crippen molar-refractivity contribution >= 4 is 29.0 Å². The van der Waals surface area contributed by atoms with E-state index in [4.69, 9.17) is 4.74 Å². The first-order valence-electron chi connectivity index (χ1n) is 6.44. The molecule has 0 spiro atoms. The SMILES string of the molecule is COc1cc(NC2CCSC2C)ccc1NC(C)=O. The predicted octanol–water partition coefficient (Wildman–Crippen LogP) is 2.96. The van der Waals surface area contributed by atoms with E-state index in [-0.39, 0.29) is 5.91 Å². The summed E-state index contributed by atoms with van der Waals surface area (Å²) in [6.45, 7) is 3.74. The number of carbonyl (C=O) groups is 1. The second kappa shape index (κ2) is 6.19. The van der Waals surface area contributed by atoms with E-state index in [1.165, 1.54) is 19.1 Å². The van der Waals surface area contributed by atoms with Crippen LogP contribution in [0.25, 0.3) is 0 Å². The standard InChI is InChI=1S/C14H20N2O2S/c1-9-12(6-7-19-9)16-11-4-5-13(15-10(2)17)14(8-11)18-3/h4-5,8-9,12,16H,6-7H2,1-3H3,(H,15,17). The highest BCUT2D eigenvalue weighted by Crippen LogP contribution is 2.32. The van der Waals surface area contributed by atoms with Crippen molar-refractivity contribution in [2.75, 3.05) is 23.5 Å². The fraction of sp³-hybridized carbons (Fsp3) is 0.500. The minimum Gasteiger partial charge on any atom is -0.494 e. The van der Waals surface area contributed by atoms with E-state index in [9.17, 15) is 4.79 Å². The lowest BCUT2D eigenvalue weighted by atomic mass is 10.1. The molecule has 2 unspecified atom stereocenters. The smallest absolute Gasteiger partial charge is 0.221 e. The zero-order valence-corrected chi connectivity index (χ0v) is 12.3. The van der Waals surface area contributed by atoms with Gasteiger partial charge in [0.1, 0.15) is 5.75 Å². The lowest BCUT2D eigenvalue weighted by Gasteiger charge is -2.19. The van der Waals surface area contributed by atoms with Crippen molar-refractivity contribution in [3.05, 3.63) is 18.2 Å². The first-order valence-corrected chi connectivity index (χ1v) is 7.49. The van der Waals surface area contributed by atoms with Crippen LogP contribution in [0.2, 0.25) is 0 Å². The average Bonchev–Trinajstić information content (AvgIpc) is 2.76. The second-order valence-corrected chi connectivity index (χ2v) is 6.20. The predicted molar refractivity (Wildman–Crippen MR) is 81.2 cm³/mol. The minimum absolute atomic E-state index is 0.0974. The van der Waals surface area contributed by atoms with Crippen LogP contribution >= 0.6 is 11.8 Å². The highest BCUT2D eigenvalue weighted by atomic mass is 32.2. The van der Waals surface area contributed by atoms with Gasteiger partial charge in [0, 0.05) is 30.0 Å². The Morgan fingerprint density at radius 1 is 1.47 bits per heavy atom. The van der Waals surface area contributed by atoms with Gasteiger partial charge in [-0.15, -0.1) is 0 Å². The summed E-state index contributed by atoms with van der Waals surface area (Å²) < 4.78 is 5.32. The molecule has 4 nitrogen and oxygen atoms in total. The maximum absolute atomic E-state index is 11.1. The molecule has 0 saturated carbocycles. The van der Waals surface area contributed by atoms with Crippen LogP contribution < -0.4 is 15.4 Å². The summed E-state index contributed by atoms with van der Waals surface area (Å²) in [5.41, 5.74) is 1.74. The maximum Gasteiger partial charge on any atom is 0.221 e. The van der Waals surface area contributed by atoms with Crippen LogP contribution in [0.5, 0.6) is 5.75 Å². The largest absolute Gasteiger partial charge is 0.494 e. The third-order valence-corrected chi connectivity index (χ3v) is 4.57. The van der Waals surface area contributed by atoms with Crippen molar-refractivity contribution in [3.8, 4) is 5.75 Å². The molecule has 1 saturated heterocycles. The molecule has 1 aliphatic heterocycles. The van der Waals surface area contributed by atoms with Crippen LogP contribution in [0.3, 0.4) is 0 Å². The zero-order valence-electron chi connectivity index (χ0n) is 11.5. The van der Waals surface area contributed by atoms with Gasteiger partial charge in [0.25, 0.3) is 0 Å². The third kappa shape index (κ3) is 3.56. The number of hydrogen-bond donors (Lipinski definition) is 2. The highest BCUT2D eigenvalue weighted by Gasteiger charge is 2.23. The molecule has 1 aromatic carbocycles. The Morgan fingerprint density at radius 2 is 2.26 bits per heavy atom. The molecule has 1 aliphatic rings. The second-order valence-electron chi connectivity index (χ2n) is 4.71. The zero-order chi connectivity index (χ0) is 13.8. The van der Waals surface area contributed by atoms with Gasteiger partial charge in [-0.1, -0.05) is 6.92 Å². The molecule has 5 heteroatoms. The van der Waals surface area contributed by atoms with E-state index in [0.29, 0.717) is 22.7 Å². The van der Waals surface area contributed by atoms with Gasteiger partial charge in [-0.05, 0) is 24.3 Å². The number of methoxy groups -OCH3 is 1. The van der Waals surface area contributed by atoms with Crippen molar-refractivity contribution in [1.29, 1.82) is 0 Å². The Kier molecular flexibility index (Phi) is 4.58. The molecule has 19 heavy (non-hydrogen) atoms. The highest BCUT2D eigenvalue weighted by molar-refractivity contribution is 8.00. The van der Waals surface area contributed by atoms with Gasteiger partial charge in [0.15, 0.2) is 0 Å². The average molecular weight is 280 g/mol. The molecule has 2 atom stereocenters. The molecule has 1 aromatic rings. The molecular formula is C14H20N2O2S. The summed E-state index contributed by atoms with van der Waals surface area (Å²) in [6, 6.07) is 6.28. The normalized spacial score (nSPS) is 22.1. The van der Waals surface area contributed by atoms with Crippen LogP contribution in [0, 0.1) is 0 Å². The molecule has 1 amide bonds. The molecular weight excluding hydrogens is 260 g/mol. The minimum atomic E-state index is -0.0974. The lowest BCUT2D eigenvalue weighted by Crippen LogP contribution is -2.24. The molecule has 0 bridgehead atoms. The monoisotopic (exact) mass is 280 g/mol. The maximum atomic E-state index is 11.1. The molecule has 2 N–H and O–H groups in total. The number of ether oxygens (including phenoxy) is 1.